The molecule has 0 bridgehead atoms. The number of rotatable bonds is 6. The SMILES string of the molecule is CCNc1cc(C(=O)N(C)CC2CC2)cc(CC)n1. The summed E-state index contributed by atoms with van der Waals surface area (Å²) in [7, 11) is 1.89. The van der Waals surface area contributed by atoms with E-state index in [0.717, 1.165) is 42.5 Å². The first-order chi connectivity index (χ1) is 9.13. The maximum Gasteiger partial charge on any atom is 0.253 e. The maximum absolute atomic E-state index is 12.4. The number of pyridine rings is 1. The highest BCUT2D eigenvalue weighted by atomic mass is 16.2. The number of amides is 1. The molecule has 1 aromatic rings. The number of aromatic nitrogens is 1. The largest absolute Gasteiger partial charge is 0.370 e. The summed E-state index contributed by atoms with van der Waals surface area (Å²) < 4.78 is 0. The molecule has 1 amide bonds. The van der Waals surface area contributed by atoms with E-state index in [4.69, 9.17) is 0 Å². The summed E-state index contributed by atoms with van der Waals surface area (Å²) in [5.41, 5.74) is 1.70. The fraction of sp³-hybridized carbons (Fsp3) is 0.600. The third-order valence-corrected chi connectivity index (χ3v) is 3.42. The lowest BCUT2D eigenvalue weighted by atomic mass is 10.1. The van der Waals surface area contributed by atoms with E-state index in [1.165, 1.54) is 12.8 Å². The van der Waals surface area contributed by atoms with Crippen LogP contribution in [0.3, 0.4) is 0 Å². The van der Waals surface area contributed by atoms with Crippen molar-refractivity contribution in [2.24, 2.45) is 5.92 Å². The molecule has 0 aliphatic heterocycles. The fourth-order valence-electron chi connectivity index (χ4n) is 2.16. The van der Waals surface area contributed by atoms with E-state index >= 15 is 0 Å². The Kier molecular flexibility index (Phi) is 4.40. The van der Waals surface area contributed by atoms with Crippen molar-refractivity contribution >= 4 is 11.7 Å². The Bertz CT molecular complexity index is 455. The van der Waals surface area contributed by atoms with E-state index in [1.54, 1.807) is 0 Å². The number of nitrogens with zero attached hydrogens (tertiary/aromatic N) is 2. The standard InChI is InChI=1S/C15H23N3O/c1-4-13-8-12(9-14(17-13)16-5-2)15(19)18(3)10-11-6-7-11/h8-9,11H,4-7,10H2,1-3H3,(H,16,17). The topological polar surface area (TPSA) is 45.2 Å². The lowest BCUT2D eigenvalue weighted by Crippen LogP contribution is -2.29. The zero-order valence-electron chi connectivity index (χ0n) is 12.1. The third-order valence-electron chi connectivity index (χ3n) is 3.42. The summed E-state index contributed by atoms with van der Waals surface area (Å²) in [5, 5.41) is 3.19. The summed E-state index contributed by atoms with van der Waals surface area (Å²) in [6.45, 7) is 5.77. The summed E-state index contributed by atoms with van der Waals surface area (Å²) in [6.07, 6.45) is 3.36. The highest BCUT2D eigenvalue weighted by Crippen LogP contribution is 2.29. The van der Waals surface area contributed by atoms with Gasteiger partial charge in [0, 0.05) is 31.4 Å². The number of carbonyl (C=O) groups excluding carboxylic acids is 1. The minimum Gasteiger partial charge on any atom is -0.370 e. The Morgan fingerprint density at radius 1 is 1.42 bits per heavy atom. The lowest BCUT2D eigenvalue weighted by Gasteiger charge is -2.17. The fourth-order valence-corrected chi connectivity index (χ4v) is 2.16. The molecule has 1 saturated carbocycles. The molecule has 0 saturated heterocycles. The second-order valence-corrected chi connectivity index (χ2v) is 5.25. The highest BCUT2D eigenvalue weighted by molar-refractivity contribution is 5.94. The van der Waals surface area contributed by atoms with Gasteiger partial charge in [-0.15, -0.1) is 0 Å². The first kappa shape index (κ1) is 13.8. The average molecular weight is 261 g/mol. The molecule has 1 heterocycles. The minimum atomic E-state index is 0.100. The Hall–Kier alpha value is -1.58. The van der Waals surface area contributed by atoms with Gasteiger partial charge in [0.1, 0.15) is 5.82 Å². The number of aryl methyl sites for hydroxylation is 1. The molecular weight excluding hydrogens is 238 g/mol. The van der Waals surface area contributed by atoms with Crippen LogP contribution in [0.25, 0.3) is 0 Å². The van der Waals surface area contributed by atoms with Crippen molar-refractivity contribution in [1.29, 1.82) is 0 Å². The van der Waals surface area contributed by atoms with Gasteiger partial charge in [-0.3, -0.25) is 4.79 Å². The third kappa shape index (κ3) is 3.69. The maximum atomic E-state index is 12.4. The second-order valence-electron chi connectivity index (χ2n) is 5.25. The van der Waals surface area contributed by atoms with Crippen LogP contribution in [0.15, 0.2) is 12.1 Å². The molecule has 1 fully saturated rings. The number of hydrogen-bond donors (Lipinski definition) is 1. The molecule has 1 aliphatic rings. The molecule has 104 valence electrons. The van der Waals surface area contributed by atoms with Gasteiger partial charge in [0.15, 0.2) is 0 Å². The van der Waals surface area contributed by atoms with E-state index < -0.39 is 0 Å². The first-order valence-corrected chi connectivity index (χ1v) is 7.14. The van der Waals surface area contributed by atoms with E-state index in [2.05, 4.69) is 17.2 Å². The lowest BCUT2D eigenvalue weighted by molar-refractivity contribution is 0.0788. The Labute approximate surface area is 115 Å². The molecular formula is C15H23N3O. The molecule has 1 aromatic heterocycles. The number of anilines is 1. The molecule has 0 aromatic carbocycles. The first-order valence-electron chi connectivity index (χ1n) is 7.14. The van der Waals surface area contributed by atoms with Gasteiger partial charge in [-0.25, -0.2) is 4.98 Å². The van der Waals surface area contributed by atoms with Gasteiger partial charge >= 0.3 is 0 Å². The van der Waals surface area contributed by atoms with E-state index in [0.29, 0.717) is 0 Å². The highest BCUT2D eigenvalue weighted by Gasteiger charge is 2.25. The predicted octanol–water partition coefficient (Wildman–Crippen LogP) is 2.56. The Balaban J connectivity index is 2.16. The van der Waals surface area contributed by atoms with Crippen molar-refractivity contribution < 1.29 is 4.79 Å². The summed E-state index contributed by atoms with van der Waals surface area (Å²) in [5.74, 6) is 1.61. The second kappa shape index (κ2) is 6.04. The summed E-state index contributed by atoms with van der Waals surface area (Å²) >= 11 is 0. The minimum absolute atomic E-state index is 0.100. The zero-order valence-corrected chi connectivity index (χ0v) is 12.1. The van der Waals surface area contributed by atoms with Crippen LogP contribution in [0.4, 0.5) is 5.82 Å². The van der Waals surface area contributed by atoms with Crippen LogP contribution in [-0.4, -0.2) is 35.9 Å². The van der Waals surface area contributed by atoms with Crippen LogP contribution in [0, 0.1) is 5.92 Å². The quantitative estimate of drug-likeness (QED) is 0.856. The van der Waals surface area contributed by atoms with Gasteiger partial charge < -0.3 is 10.2 Å². The molecule has 0 spiro atoms. The van der Waals surface area contributed by atoms with Crippen LogP contribution in [-0.2, 0) is 6.42 Å². The Morgan fingerprint density at radius 3 is 2.74 bits per heavy atom. The molecule has 1 aliphatic carbocycles. The molecule has 4 nitrogen and oxygen atoms in total. The van der Waals surface area contributed by atoms with Crippen molar-refractivity contribution in [1.82, 2.24) is 9.88 Å². The monoisotopic (exact) mass is 261 g/mol. The van der Waals surface area contributed by atoms with Crippen molar-refractivity contribution in [2.45, 2.75) is 33.1 Å². The molecule has 0 radical (unpaired) electrons. The normalized spacial score (nSPS) is 14.3. The van der Waals surface area contributed by atoms with Gasteiger partial charge in [0.25, 0.3) is 5.91 Å². The van der Waals surface area contributed by atoms with Gasteiger partial charge in [0.05, 0.1) is 0 Å². The van der Waals surface area contributed by atoms with Crippen LogP contribution in [0.2, 0.25) is 0 Å². The van der Waals surface area contributed by atoms with E-state index in [9.17, 15) is 4.79 Å². The smallest absolute Gasteiger partial charge is 0.253 e. The zero-order chi connectivity index (χ0) is 13.8. The van der Waals surface area contributed by atoms with Gasteiger partial charge in [-0.1, -0.05) is 6.92 Å². The van der Waals surface area contributed by atoms with Crippen LogP contribution in [0.5, 0.6) is 0 Å². The molecule has 4 heteroatoms. The molecule has 1 N–H and O–H groups in total. The molecule has 0 atom stereocenters. The van der Waals surface area contributed by atoms with Gasteiger partial charge in [-0.05, 0) is 44.2 Å². The summed E-state index contributed by atoms with van der Waals surface area (Å²) in [6, 6.07) is 3.76. The van der Waals surface area contributed by atoms with Gasteiger partial charge in [0.2, 0.25) is 0 Å². The molecule has 19 heavy (non-hydrogen) atoms. The van der Waals surface area contributed by atoms with Crippen LogP contribution >= 0.6 is 0 Å². The molecule has 2 rings (SSSR count). The van der Waals surface area contributed by atoms with Crippen LogP contribution < -0.4 is 5.32 Å². The number of hydrogen-bond acceptors (Lipinski definition) is 3. The van der Waals surface area contributed by atoms with Crippen molar-refractivity contribution in [3.05, 3.63) is 23.4 Å². The van der Waals surface area contributed by atoms with Crippen molar-refractivity contribution in [2.75, 3.05) is 25.5 Å². The van der Waals surface area contributed by atoms with E-state index in [-0.39, 0.29) is 5.91 Å². The Morgan fingerprint density at radius 2 is 2.16 bits per heavy atom. The number of carbonyl (C=O) groups is 1. The molecule has 0 unspecified atom stereocenters. The van der Waals surface area contributed by atoms with Crippen molar-refractivity contribution in [3.63, 3.8) is 0 Å². The summed E-state index contributed by atoms with van der Waals surface area (Å²) in [4.78, 5) is 18.7. The number of nitrogens with one attached hydrogen (secondary N) is 1. The predicted molar refractivity (Wildman–Crippen MR) is 77.5 cm³/mol. The van der Waals surface area contributed by atoms with Gasteiger partial charge in [-0.2, -0.15) is 0 Å². The van der Waals surface area contributed by atoms with E-state index in [1.807, 2.05) is 31.0 Å². The average Bonchev–Trinajstić information content (AvgIpc) is 3.21. The van der Waals surface area contributed by atoms with Crippen LogP contribution in [0.1, 0.15) is 42.7 Å². The van der Waals surface area contributed by atoms with Crippen molar-refractivity contribution in [3.8, 4) is 0 Å².